The monoisotopic (exact) mass is 425 g/mol. The molecule has 3 rings (SSSR count). The molecule has 6 heteroatoms. The fraction of sp³-hybridized carbons (Fsp3) is 0.143. The molecule has 0 atom stereocenters. The van der Waals surface area contributed by atoms with Gasteiger partial charge in [-0.3, -0.25) is 0 Å². The number of benzene rings is 3. The number of rotatable bonds is 7. The number of halogens is 4. The first kappa shape index (κ1) is 21.5. The summed E-state index contributed by atoms with van der Waals surface area (Å²) in [7, 11) is 0. The summed E-state index contributed by atoms with van der Waals surface area (Å²) in [6.07, 6.45) is 0. The van der Waals surface area contributed by atoms with Gasteiger partial charge in [0.1, 0.15) is 18.2 Å². The maximum atomic E-state index is 13.0. The zero-order chi connectivity index (χ0) is 18.4. The smallest absolute Gasteiger partial charge is 0.124 e. The third-order valence-electron chi connectivity index (χ3n) is 3.92. The first-order valence-electron chi connectivity index (χ1n) is 8.21. The minimum Gasteiger partial charge on any atom is -0.489 e. The molecule has 3 aromatic carbocycles. The molecular formula is C21H19Cl3FNO. The molecule has 0 heterocycles. The number of hydrogen-bond acceptors (Lipinski definition) is 2. The zero-order valence-electron chi connectivity index (χ0n) is 14.4. The van der Waals surface area contributed by atoms with E-state index in [9.17, 15) is 4.39 Å². The summed E-state index contributed by atoms with van der Waals surface area (Å²) in [5.41, 5.74) is 2.88. The molecule has 142 valence electrons. The van der Waals surface area contributed by atoms with Crippen LogP contribution in [0.4, 0.5) is 4.39 Å². The average molecular weight is 427 g/mol. The van der Waals surface area contributed by atoms with Crippen molar-refractivity contribution in [3.05, 3.63) is 99.3 Å². The van der Waals surface area contributed by atoms with Crippen LogP contribution in [-0.4, -0.2) is 0 Å². The minimum atomic E-state index is -0.237. The van der Waals surface area contributed by atoms with Crippen LogP contribution in [0.15, 0.2) is 66.7 Å². The predicted molar refractivity (Wildman–Crippen MR) is 111 cm³/mol. The Morgan fingerprint density at radius 3 is 2.33 bits per heavy atom. The van der Waals surface area contributed by atoms with Crippen LogP contribution in [0.25, 0.3) is 0 Å². The summed E-state index contributed by atoms with van der Waals surface area (Å²) in [5.74, 6) is 0.514. The van der Waals surface area contributed by atoms with Crippen molar-refractivity contribution in [2.24, 2.45) is 0 Å². The molecular weight excluding hydrogens is 408 g/mol. The number of hydrogen-bond donors (Lipinski definition) is 1. The van der Waals surface area contributed by atoms with E-state index in [2.05, 4.69) is 5.32 Å². The summed E-state index contributed by atoms with van der Waals surface area (Å²) in [6.45, 7) is 1.58. The average Bonchev–Trinajstić information content (AvgIpc) is 2.64. The van der Waals surface area contributed by atoms with Gasteiger partial charge in [-0.15, -0.1) is 12.4 Å². The highest BCUT2D eigenvalue weighted by Crippen LogP contribution is 2.25. The van der Waals surface area contributed by atoms with Crippen molar-refractivity contribution in [2.45, 2.75) is 19.7 Å². The summed E-state index contributed by atoms with van der Waals surface area (Å²) in [6, 6.07) is 19.5. The number of ether oxygens (including phenoxy) is 1. The van der Waals surface area contributed by atoms with Gasteiger partial charge >= 0.3 is 0 Å². The van der Waals surface area contributed by atoms with Crippen molar-refractivity contribution >= 4 is 35.6 Å². The molecule has 0 radical (unpaired) electrons. The van der Waals surface area contributed by atoms with E-state index in [1.165, 1.54) is 12.1 Å². The molecule has 0 aliphatic carbocycles. The lowest BCUT2D eigenvalue weighted by Gasteiger charge is -2.13. The Morgan fingerprint density at radius 2 is 1.59 bits per heavy atom. The van der Waals surface area contributed by atoms with Crippen LogP contribution in [0.1, 0.15) is 16.7 Å². The van der Waals surface area contributed by atoms with Gasteiger partial charge < -0.3 is 10.1 Å². The Bertz CT molecular complexity index is 872. The van der Waals surface area contributed by atoms with E-state index in [4.69, 9.17) is 27.9 Å². The quantitative estimate of drug-likeness (QED) is 0.470. The summed E-state index contributed by atoms with van der Waals surface area (Å²) < 4.78 is 18.9. The molecule has 1 N–H and O–H groups in total. The van der Waals surface area contributed by atoms with Gasteiger partial charge in [0.15, 0.2) is 0 Å². The van der Waals surface area contributed by atoms with Gasteiger partial charge in [-0.1, -0.05) is 53.5 Å². The topological polar surface area (TPSA) is 21.3 Å². The van der Waals surface area contributed by atoms with E-state index in [-0.39, 0.29) is 18.2 Å². The highest BCUT2D eigenvalue weighted by atomic mass is 35.5. The molecule has 3 aromatic rings. The lowest BCUT2D eigenvalue weighted by molar-refractivity contribution is 0.302. The van der Waals surface area contributed by atoms with Crippen LogP contribution in [-0.2, 0) is 19.7 Å². The Kier molecular flexibility index (Phi) is 8.39. The third-order valence-corrected chi connectivity index (χ3v) is 4.53. The summed E-state index contributed by atoms with van der Waals surface area (Å²) in [5, 5.41) is 4.65. The van der Waals surface area contributed by atoms with E-state index in [0.717, 1.165) is 22.4 Å². The van der Waals surface area contributed by atoms with Crippen LogP contribution in [0, 0.1) is 5.82 Å². The van der Waals surface area contributed by atoms with Crippen molar-refractivity contribution in [3.63, 3.8) is 0 Å². The van der Waals surface area contributed by atoms with Gasteiger partial charge in [0.2, 0.25) is 0 Å². The van der Waals surface area contributed by atoms with Gasteiger partial charge in [-0.05, 0) is 42.0 Å². The molecule has 0 fully saturated rings. The van der Waals surface area contributed by atoms with E-state index in [1.807, 2.05) is 36.4 Å². The van der Waals surface area contributed by atoms with Crippen molar-refractivity contribution in [2.75, 3.05) is 0 Å². The molecule has 0 aliphatic heterocycles. The molecule has 0 amide bonds. The maximum absolute atomic E-state index is 13.0. The molecule has 0 spiro atoms. The number of nitrogens with one attached hydrogen (secondary N) is 1. The fourth-order valence-electron chi connectivity index (χ4n) is 2.54. The highest BCUT2D eigenvalue weighted by molar-refractivity contribution is 6.31. The van der Waals surface area contributed by atoms with Crippen LogP contribution >= 0.6 is 35.6 Å². The Balaban J connectivity index is 0.00000261. The molecule has 2 nitrogen and oxygen atoms in total. The lowest BCUT2D eigenvalue weighted by atomic mass is 10.1. The van der Waals surface area contributed by atoms with Gasteiger partial charge in [-0.25, -0.2) is 4.39 Å². The van der Waals surface area contributed by atoms with Crippen molar-refractivity contribution < 1.29 is 9.13 Å². The third kappa shape index (κ3) is 6.40. The van der Waals surface area contributed by atoms with Crippen molar-refractivity contribution in [3.8, 4) is 5.75 Å². The van der Waals surface area contributed by atoms with Crippen LogP contribution in [0.5, 0.6) is 5.75 Å². The van der Waals surface area contributed by atoms with Gasteiger partial charge in [0, 0.05) is 34.3 Å². The van der Waals surface area contributed by atoms with E-state index < -0.39 is 0 Å². The van der Waals surface area contributed by atoms with Crippen LogP contribution in [0.2, 0.25) is 10.0 Å². The van der Waals surface area contributed by atoms with E-state index in [1.54, 1.807) is 18.2 Å². The van der Waals surface area contributed by atoms with Crippen molar-refractivity contribution in [1.29, 1.82) is 0 Å². The van der Waals surface area contributed by atoms with Gasteiger partial charge in [-0.2, -0.15) is 0 Å². The second kappa shape index (κ2) is 10.5. The summed E-state index contributed by atoms with van der Waals surface area (Å²) >= 11 is 12.3. The lowest BCUT2D eigenvalue weighted by Crippen LogP contribution is -2.13. The Labute approximate surface area is 174 Å². The normalized spacial score (nSPS) is 10.3. The molecule has 0 saturated carbocycles. The standard InChI is InChI=1S/C21H18Cl2FNO.ClH/c22-18-7-10-21(26-14-16-3-1-2-4-20(16)23)17(11-18)13-25-12-15-5-8-19(24)9-6-15;/h1-11,25H,12-14H2;1H. The zero-order valence-corrected chi connectivity index (χ0v) is 16.8. The molecule has 0 unspecified atom stereocenters. The highest BCUT2D eigenvalue weighted by Gasteiger charge is 2.07. The molecule has 0 aromatic heterocycles. The SMILES string of the molecule is Cl.Fc1ccc(CNCc2cc(Cl)ccc2OCc2ccccc2Cl)cc1. The minimum absolute atomic E-state index is 0. The first-order chi connectivity index (χ1) is 12.6. The second-order valence-corrected chi connectivity index (χ2v) is 6.71. The predicted octanol–water partition coefficient (Wildman–Crippen LogP) is 6.42. The molecule has 0 bridgehead atoms. The largest absolute Gasteiger partial charge is 0.489 e. The van der Waals surface area contributed by atoms with Crippen molar-refractivity contribution in [1.82, 2.24) is 5.32 Å². The molecule has 27 heavy (non-hydrogen) atoms. The summed E-state index contributed by atoms with van der Waals surface area (Å²) in [4.78, 5) is 0. The van der Waals surface area contributed by atoms with E-state index in [0.29, 0.717) is 29.7 Å². The van der Waals surface area contributed by atoms with Crippen LogP contribution in [0.3, 0.4) is 0 Å². The maximum Gasteiger partial charge on any atom is 0.124 e. The Hall–Kier alpha value is -1.78. The van der Waals surface area contributed by atoms with Gasteiger partial charge in [0.25, 0.3) is 0 Å². The van der Waals surface area contributed by atoms with Crippen LogP contribution < -0.4 is 10.1 Å². The first-order valence-corrected chi connectivity index (χ1v) is 8.97. The second-order valence-electron chi connectivity index (χ2n) is 5.86. The fourth-order valence-corrected chi connectivity index (χ4v) is 2.93. The van der Waals surface area contributed by atoms with E-state index >= 15 is 0 Å². The Morgan fingerprint density at radius 1 is 0.852 bits per heavy atom. The molecule has 0 saturated heterocycles. The molecule has 0 aliphatic rings. The van der Waals surface area contributed by atoms with Gasteiger partial charge in [0.05, 0.1) is 0 Å².